The molecule has 3 rings (SSSR count). The summed E-state index contributed by atoms with van der Waals surface area (Å²) < 4.78 is 1.84. The minimum Gasteiger partial charge on any atom is -0.236 e. The molecule has 0 unspecified atom stereocenters. The highest BCUT2D eigenvalue weighted by molar-refractivity contribution is 5.82. The Morgan fingerprint density at radius 1 is 1.00 bits per heavy atom. The van der Waals surface area contributed by atoms with Crippen LogP contribution in [-0.2, 0) is 5.41 Å². The van der Waals surface area contributed by atoms with Gasteiger partial charge < -0.3 is 0 Å². The fourth-order valence-corrected chi connectivity index (χ4v) is 2.03. The molecule has 2 aromatic heterocycles. The molecule has 0 spiro atoms. The predicted molar refractivity (Wildman–Crippen MR) is 77.6 cm³/mol. The number of nitrogens with zero attached hydrogens (tertiary/aromatic N) is 3. The second kappa shape index (κ2) is 4.19. The van der Waals surface area contributed by atoms with Crippen LogP contribution in [0.4, 0.5) is 0 Å². The summed E-state index contributed by atoms with van der Waals surface area (Å²) in [7, 11) is 0. The van der Waals surface area contributed by atoms with Crippen LogP contribution >= 0.6 is 0 Å². The molecule has 0 atom stereocenters. The zero-order valence-corrected chi connectivity index (χ0v) is 11.5. The summed E-state index contributed by atoms with van der Waals surface area (Å²) in [5.41, 5.74) is 1.32. The summed E-state index contributed by atoms with van der Waals surface area (Å²) in [5.74, 6) is 0.856. The Morgan fingerprint density at radius 3 is 2.42 bits per heavy atom. The Morgan fingerprint density at radius 2 is 1.74 bits per heavy atom. The summed E-state index contributed by atoms with van der Waals surface area (Å²) >= 11 is 0. The second-order valence-corrected chi connectivity index (χ2v) is 5.81. The van der Waals surface area contributed by atoms with Crippen molar-refractivity contribution in [3.05, 3.63) is 54.5 Å². The fourth-order valence-electron chi connectivity index (χ4n) is 2.03. The highest BCUT2D eigenvalue weighted by atomic mass is 15.3. The minimum absolute atomic E-state index is 0.106. The van der Waals surface area contributed by atoms with Crippen molar-refractivity contribution in [3.8, 4) is 5.82 Å². The average molecular weight is 251 g/mol. The summed E-state index contributed by atoms with van der Waals surface area (Å²) in [4.78, 5) is 4.47. The van der Waals surface area contributed by atoms with Gasteiger partial charge in [0.1, 0.15) is 0 Å². The van der Waals surface area contributed by atoms with Crippen LogP contribution in [0.25, 0.3) is 16.6 Å². The molecule has 0 saturated heterocycles. The van der Waals surface area contributed by atoms with Crippen molar-refractivity contribution in [3.63, 3.8) is 0 Å². The number of fused-ring (bicyclic) bond motifs is 1. The number of aromatic nitrogens is 3. The summed E-state index contributed by atoms with van der Waals surface area (Å²) in [6.45, 7) is 6.55. The topological polar surface area (TPSA) is 30.7 Å². The maximum atomic E-state index is 4.47. The lowest BCUT2D eigenvalue weighted by Gasteiger charge is -2.14. The second-order valence-electron chi connectivity index (χ2n) is 5.81. The van der Waals surface area contributed by atoms with Crippen molar-refractivity contribution in [1.82, 2.24) is 14.8 Å². The molecular formula is C16H17N3. The van der Waals surface area contributed by atoms with Crippen LogP contribution < -0.4 is 0 Å². The van der Waals surface area contributed by atoms with E-state index in [0.29, 0.717) is 0 Å². The van der Waals surface area contributed by atoms with Crippen molar-refractivity contribution < 1.29 is 0 Å². The Bertz CT molecular complexity index is 720. The average Bonchev–Trinajstić information content (AvgIpc) is 2.87. The van der Waals surface area contributed by atoms with Crippen LogP contribution in [0, 0.1) is 0 Å². The number of hydrogen-bond acceptors (Lipinski definition) is 2. The van der Waals surface area contributed by atoms with E-state index in [0.717, 1.165) is 11.2 Å². The van der Waals surface area contributed by atoms with Gasteiger partial charge in [-0.25, -0.2) is 9.67 Å². The van der Waals surface area contributed by atoms with Gasteiger partial charge in [-0.05, 0) is 22.4 Å². The molecule has 0 fully saturated rings. The van der Waals surface area contributed by atoms with E-state index in [9.17, 15) is 0 Å². The van der Waals surface area contributed by atoms with Crippen molar-refractivity contribution in [2.45, 2.75) is 26.2 Å². The third-order valence-corrected chi connectivity index (χ3v) is 3.30. The van der Waals surface area contributed by atoms with Crippen LogP contribution in [0.3, 0.4) is 0 Å². The van der Waals surface area contributed by atoms with Gasteiger partial charge in [0.05, 0.1) is 6.20 Å². The Kier molecular flexibility index (Phi) is 2.63. The summed E-state index contributed by atoms with van der Waals surface area (Å²) in [6.07, 6.45) is 5.86. The number of rotatable bonds is 1. The SMILES string of the molecule is CC(C)(C)c1cnn(-c2cc3ccccc3cn2)c1. The quantitative estimate of drug-likeness (QED) is 0.660. The van der Waals surface area contributed by atoms with E-state index in [1.54, 1.807) is 0 Å². The minimum atomic E-state index is 0.106. The zero-order chi connectivity index (χ0) is 13.5. The molecule has 3 aromatic rings. The molecule has 0 aliphatic carbocycles. The van der Waals surface area contributed by atoms with Crippen LogP contribution in [-0.4, -0.2) is 14.8 Å². The van der Waals surface area contributed by atoms with Crippen LogP contribution in [0.5, 0.6) is 0 Å². The fraction of sp³-hybridized carbons (Fsp3) is 0.250. The van der Waals surface area contributed by atoms with Crippen LogP contribution in [0.1, 0.15) is 26.3 Å². The summed E-state index contributed by atoms with van der Waals surface area (Å²) in [6, 6.07) is 10.3. The molecule has 1 aromatic carbocycles. The maximum absolute atomic E-state index is 4.47. The van der Waals surface area contributed by atoms with Crippen molar-refractivity contribution >= 4 is 10.8 Å². The monoisotopic (exact) mass is 251 g/mol. The normalized spacial score (nSPS) is 11.9. The molecule has 19 heavy (non-hydrogen) atoms. The van der Waals surface area contributed by atoms with Gasteiger partial charge in [-0.15, -0.1) is 0 Å². The molecule has 0 aliphatic heterocycles. The van der Waals surface area contributed by atoms with E-state index in [1.807, 2.05) is 29.2 Å². The highest BCUT2D eigenvalue weighted by Gasteiger charge is 2.16. The molecule has 0 N–H and O–H groups in total. The first-order valence-electron chi connectivity index (χ1n) is 6.44. The number of benzene rings is 1. The van der Waals surface area contributed by atoms with Gasteiger partial charge in [0.2, 0.25) is 0 Å². The molecule has 96 valence electrons. The van der Waals surface area contributed by atoms with Gasteiger partial charge in [0.15, 0.2) is 5.82 Å². The molecule has 0 aliphatic rings. The van der Waals surface area contributed by atoms with Gasteiger partial charge in [0, 0.05) is 17.8 Å². The van der Waals surface area contributed by atoms with Crippen molar-refractivity contribution in [2.75, 3.05) is 0 Å². The van der Waals surface area contributed by atoms with Crippen molar-refractivity contribution in [2.24, 2.45) is 0 Å². The Labute approximate surface area is 112 Å². The maximum Gasteiger partial charge on any atom is 0.153 e. The number of hydrogen-bond donors (Lipinski definition) is 0. The van der Waals surface area contributed by atoms with E-state index >= 15 is 0 Å². The van der Waals surface area contributed by atoms with E-state index in [2.05, 4.69) is 55.2 Å². The first-order chi connectivity index (χ1) is 9.04. The summed E-state index contributed by atoms with van der Waals surface area (Å²) in [5, 5.41) is 6.74. The zero-order valence-electron chi connectivity index (χ0n) is 11.5. The van der Waals surface area contributed by atoms with Gasteiger partial charge in [-0.1, -0.05) is 45.0 Å². The molecule has 2 heterocycles. The first kappa shape index (κ1) is 11.9. The smallest absolute Gasteiger partial charge is 0.153 e. The highest BCUT2D eigenvalue weighted by Crippen LogP contribution is 2.22. The molecule has 0 amide bonds. The van der Waals surface area contributed by atoms with E-state index in [-0.39, 0.29) is 5.41 Å². The molecule has 3 heteroatoms. The Balaban J connectivity index is 2.07. The molecule has 3 nitrogen and oxygen atoms in total. The number of pyridine rings is 1. The Hall–Kier alpha value is -2.16. The molecule has 0 radical (unpaired) electrons. The van der Waals surface area contributed by atoms with Gasteiger partial charge in [0.25, 0.3) is 0 Å². The lowest BCUT2D eigenvalue weighted by molar-refractivity contribution is 0.590. The van der Waals surface area contributed by atoms with E-state index in [1.165, 1.54) is 10.9 Å². The van der Waals surface area contributed by atoms with Gasteiger partial charge >= 0.3 is 0 Å². The standard InChI is InChI=1S/C16H17N3/c1-16(2,3)14-10-18-19(11-14)15-8-12-6-4-5-7-13(12)9-17-15/h4-11H,1-3H3. The largest absolute Gasteiger partial charge is 0.236 e. The van der Waals surface area contributed by atoms with E-state index in [4.69, 9.17) is 0 Å². The van der Waals surface area contributed by atoms with Crippen LogP contribution in [0.2, 0.25) is 0 Å². The lowest BCUT2D eigenvalue weighted by atomic mass is 9.90. The van der Waals surface area contributed by atoms with Gasteiger partial charge in [-0.2, -0.15) is 5.10 Å². The molecule has 0 bridgehead atoms. The van der Waals surface area contributed by atoms with E-state index < -0.39 is 0 Å². The molecular weight excluding hydrogens is 234 g/mol. The third kappa shape index (κ3) is 2.24. The predicted octanol–water partition coefficient (Wildman–Crippen LogP) is 3.72. The molecule has 0 saturated carbocycles. The third-order valence-electron chi connectivity index (χ3n) is 3.30. The first-order valence-corrected chi connectivity index (χ1v) is 6.44. The van der Waals surface area contributed by atoms with Crippen molar-refractivity contribution in [1.29, 1.82) is 0 Å². The lowest BCUT2D eigenvalue weighted by Crippen LogP contribution is -2.09. The van der Waals surface area contributed by atoms with Gasteiger partial charge in [-0.3, -0.25) is 0 Å². The van der Waals surface area contributed by atoms with Crippen LogP contribution in [0.15, 0.2) is 48.9 Å².